The van der Waals surface area contributed by atoms with Gasteiger partial charge in [0.1, 0.15) is 5.82 Å². The van der Waals surface area contributed by atoms with Gasteiger partial charge in [-0.3, -0.25) is 4.90 Å². The summed E-state index contributed by atoms with van der Waals surface area (Å²) in [6.07, 6.45) is 3.07. The Morgan fingerprint density at radius 2 is 2.20 bits per heavy atom. The van der Waals surface area contributed by atoms with Gasteiger partial charge in [-0.1, -0.05) is 13.0 Å². The van der Waals surface area contributed by atoms with E-state index in [-0.39, 0.29) is 0 Å². The molecule has 0 atom stereocenters. The van der Waals surface area contributed by atoms with Gasteiger partial charge in [0, 0.05) is 40.6 Å². The zero-order valence-corrected chi connectivity index (χ0v) is 14.3. The van der Waals surface area contributed by atoms with Gasteiger partial charge in [0.2, 0.25) is 0 Å². The summed E-state index contributed by atoms with van der Waals surface area (Å²) >= 11 is 5.28. The Morgan fingerprint density at radius 1 is 1.35 bits per heavy atom. The molecule has 2 aromatic heterocycles. The van der Waals surface area contributed by atoms with E-state index < -0.39 is 0 Å². The average Bonchev–Trinajstić information content (AvgIpc) is 2.83. The number of pyridine rings is 1. The van der Waals surface area contributed by atoms with Crippen molar-refractivity contribution >= 4 is 33.1 Å². The fourth-order valence-electron chi connectivity index (χ4n) is 1.95. The Labute approximate surface area is 133 Å². The number of hydrogen-bond donors (Lipinski definition) is 1. The first-order valence-electron chi connectivity index (χ1n) is 6.77. The van der Waals surface area contributed by atoms with Crippen LogP contribution in [-0.4, -0.2) is 23.5 Å². The van der Waals surface area contributed by atoms with Crippen molar-refractivity contribution in [3.63, 3.8) is 0 Å². The van der Waals surface area contributed by atoms with Crippen LogP contribution in [0.25, 0.3) is 0 Å². The van der Waals surface area contributed by atoms with Crippen LogP contribution in [-0.2, 0) is 13.1 Å². The van der Waals surface area contributed by atoms with E-state index in [4.69, 9.17) is 0 Å². The molecule has 0 aliphatic heterocycles. The molecule has 20 heavy (non-hydrogen) atoms. The Kier molecular flexibility index (Phi) is 6.01. The molecule has 0 saturated carbocycles. The Bertz CT molecular complexity index is 524. The molecule has 0 aliphatic rings. The lowest BCUT2D eigenvalue weighted by Gasteiger charge is -2.15. The van der Waals surface area contributed by atoms with Gasteiger partial charge in [-0.2, -0.15) is 0 Å². The maximum absolute atomic E-state index is 4.44. The lowest BCUT2D eigenvalue weighted by molar-refractivity contribution is 0.321. The van der Waals surface area contributed by atoms with Crippen LogP contribution < -0.4 is 5.32 Å². The topological polar surface area (TPSA) is 28.2 Å². The molecule has 2 rings (SSSR count). The van der Waals surface area contributed by atoms with Gasteiger partial charge >= 0.3 is 0 Å². The highest BCUT2D eigenvalue weighted by molar-refractivity contribution is 9.10. The molecule has 0 spiro atoms. The monoisotopic (exact) mass is 353 g/mol. The first-order chi connectivity index (χ1) is 9.67. The number of hydrogen-bond acceptors (Lipinski definition) is 4. The molecule has 0 aromatic carbocycles. The Balaban J connectivity index is 1.85. The van der Waals surface area contributed by atoms with Crippen LogP contribution in [0.15, 0.2) is 34.2 Å². The first-order valence-corrected chi connectivity index (χ1v) is 8.45. The largest absolute Gasteiger partial charge is 0.370 e. The van der Waals surface area contributed by atoms with Crippen LogP contribution in [0.2, 0.25) is 0 Å². The summed E-state index contributed by atoms with van der Waals surface area (Å²) in [6.45, 7) is 5.00. The minimum atomic E-state index is 0.913. The van der Waals surface area contributed by atoms with Gasteiger partial charge in [-0.05, 0) is 47.1 Å². The average molecular weight is 354 g/mol. The first kappa shape index (κ1) is 15.5. The highest BCUT2D eigenvalue weighted by atomic mass is 79.9. The summed E-state index contributed by atoms with van der Waals surface area (Å²) in [6, 6.07) is 6.38. The lowest BCUT2D eigenvalue weighted by Crippen LogP contribution is -2.16. The van der Waals surface area contributed by atoms with Crippen LogP contribution in [0.1, 0.15) is 23.8 Å². The van der Waals surface area contributed by atoms with E-state index in [1.807, 2.05) is 6.20 Å². The van der Waals surface area contributed by atoms with Gasteiger partial charge in [-0.25, -0.2) is 4.98 Å². The number of thiophene rings is 1. The minimum absolute atomic E-state index is 0.913. The molecule has 0 bridgehead atoms. The zero-order valence-electron chi connectivity index (χ0n) is 11.9. The zero-order chi connectivity index (χ0) is 14.4. The van der Waals surface area contributed by atoms with Crippen molar-refractivity contribution in [2.24, 2.45) is 0 Å². The summed E-state index contributed by atoms with van der Waals surface area (Å²) in [5.41, 5.74) is 1.24. The molecular formula is C15H20BrN3S. The number of halogens is 1. The third kappa shape index (κ3) is 4.89. The molecule has 0 amide bonds. The number of rotatable bonds is 7. The summed E-state index contributed by atoms with van der Waals surface area (Å²) in [7, 11) is 2.14. The van der Waals surface area contributed by atoms with E-state index in [2.05, 4.69) is 68.7 Å². The number of anilines is 1. The normalized spacial score (nSPS) is 11.0. The number of aromatic nitrogens is 1. The second-order valence-corrected chi connectivity index (χ2v) is 6.79. The fourth-order valence-corrected chi connectivity index (χ4v) is 3.48. The number of nitrogens with zero attached hydrogens (tertiary/aromatic N) is 2. The van der Waals surface area contributed by atoms with E-state index in [1.165, 1.54) is 14.9 Å². The molecule has 0 radical (unpaired) electrons. The molecule has 2 aromatic rings. The van der Waals surface area contributed by atoms with Crippen molar-refractivity contribution in [2.75, 3.05) is 18.9 Å². The van der Waals surface area contributed by atoms with Crippen molar-refractivity contribution < 1.29 is 0 Å². The van der Waals surface area contributed by atoms with Crippen LogP contribution in [0.3, 0.4) is 0 Å². The molecule has 0 aliphatic carbocycles. The molecule has 108 valence electrons. The molecular weight excluding hydrogens is 334 g/mol. The van der Waals surface area contributed by atoms with Gasteiger partial charge in [0.05, 0.1) is 0 Å². The maximum Gasteiger partial charge on any atom is 0.125 e. The van der Waals surface area contributed by atoms with Gasteiger partial charge < -0.3 is 5.32 Å². The van der Waals surface area contributed by atoms with E-state index in [0.717, 1.165) is 31.9 Å². The third-order valence-electron chi connectivity index (χ3n) is 2.88. The summed E-state index contributed by atoms with van der Waals surface area (Å²) < 4.78 is 1.17. The molecule has 5 heteroatoms. The lowest BCUT2D eigenvalue weighted by atomic mass is 10.2. The molecule has 1 N–H and O–H groups in total. The second kappa shape index (κ2) is 7.76. The van der Waals surface area contributed by atoms with Crippen LogP contribution in [0.4, 0.5) is 5.82 Å². The van der Waals surface area contributed by atoms with E-state index >= 15 is 0 Å². The Hall–Kier alpha value is -0.910. The minimum Gasteiger partial charge on any atom is -0.370 e. The highest BCUT2D eigenvalue weighted by Gasteiger charge is 2.04. The summed E-state index contributed by atoms with van der Waals surface area (Å²) in [5.74, 6) is 0.959. The van der Waals surface area contributed by atoms with Crippen molar-refractivity contribution in [3.05, 3.63) is 44.7 Å². The standard InChI is InChI=1S/C15H20BrN3S/c1-3-6-17-15-5-4-12(8-18-15)9-19(2)10-14-7-13(16)11-20-14/h4-5,7-8,11H,3,6,9-10H2,1-2H3,(H,17,18). The summed E-state index contributed by atoms with van der Waals surface area (Å²) in [5, 5.41) is 5.41. The van der Waals surface area contributed by atoms with Crippen LogP contribution in [0, 0.1) is 0 Å². The smallest absolute Gasteiger partial charge is 0.125 e. The molecule has 3 nitrogen and oxygen atoms in total. The van der Waals surface area contributed by atoms with E-state index in [0.29, 0.717) is 0 Å². The van der Waals surface area contributed by atoms with Crippen LogP contribution in [0.5, 0.6) is 0 Å². The molecule has 0 fully saturated rings. The summed E-state index contributed by atoms with van der Waals surface area (Å²) in [4.78, 5) is 8.11. The molecule has 0 saturated heterocycles. The molecule has 2 heterocycles. The number of nitrogens with one attached hydrogen (secondary N) is 1. The second-order valence-electron chi connectivity index (χ2n) is 4.88. The predicted molar refractivity (Wildman–Crippen MR) is 90.2 cm³/mol. The van der Waals surface area contributed by atoms with E-state index in [9.17, 15) is 0 Å². The van der Waals surface area contributed by atoms with Crippen molar-refractivity contribution in [1.29, 1.82) is 0 Å². The van der Waals surface area contributed by atoms with Crippen molar-refractivity contribution in [2.45, 2.75) is 26.4 Å². The fraction of sp³-hybridized carbons (Fsp3) is 0.400. The van der Waals surface area contributed by atoms with Crippen LogP contribution >= 0.6 is 27.3 Å². The molecule has 0 unspecified atom stereocenters. The Morgan fingerprint density at radius 3 is 2.80 bits per heavy atom. The van der Waals surface area contributed by atoms with Gasteiger partial charge in [0.15, 0.2) is 0 Å². The quantitative estimate of drug-likeness (QED) is 0.801. The predicted octanol–water partition coefficient (Wildman–Crippen LogP) is 4.36. The van der Waals surface area contributed by atoms with Crippen molar-refractivity contribution in [1.82, 2.24) is 9.88 Å². The maximum atomic E-state index is 4.44. The van der Waals surface area contributed by atoms with Gasteiger partial charge in [0.25, 0.3) is 0 Å². The highest BCUT2D eigenvalue weighted by Crippen LogP contribution is 2.21. The van der Waals surface area contributed by atoms with E-state index in [1.54, 1.807) is 11.3 Å². The SMILES string of the molecule is CCCNc1ccc(CN(C)Cc2cc(Br)cs2)cn1. The van der Waals surface area contributed by atoms with Crippen molar-refractivity contribution in [3.8, 4) is 0 Å². The van der Waals surface area contributed by atoms with Gasteiger partial charge in [-0.15, -0.1) is 11.3 Å². The third-order valence-corrected chi connectivity index (χ3v) is 4.56.